The molecule has 1 heterocycles. The molecule has 0 saturated heterocycles. The Morgan fingerprint density at radius 3 is 3.08 bits per heavy atom. The summed E-state index contributed by atoms with van der Waals surface area (Å²) >= 11 is 0. The van der Waals surface area contributed by atoms with Gasteiger partial charge in [-0.05, 0) is 12.5 Å². The molecule has 2 N–H and O–H groups in total. The Morgan fingerprint density at radius 1 is 1.58 bits per heavy atom. The number of aromatic nitrogens is 2. The van der Waals surface area contributed by atoms with Crippen LogP contribution in [-0.2, 0) is 11.3 Å². The lowest BCUT2D eigenvalue weighted by Crippen LogP contribution is -2.01. The Balaban J connectivity index is 2.41. The summed E-state index contributed by atoms with van der Waals surface area (Å²) in [7, 11) is 0. The summed E-state index contributed by atoms with van der Waals surface area (Å²) < 4.78 is 5.24. The first kappa shape index (κ1) is 8.93. The molecule has 1 rings (SSSR count). The molecular weight excluding hydrogens is 154 g/mol. The highest BCUT2D eigenvalue weighted by molar-refractivity contribution is 5.24. The zero-order valence-electron chi connectivity index (χ0n) is 7.16. The van der Waals surface area contributed by atoms with Crippen LogP contribution in [0.25, 0.3) is 0 Å². The van der Waals surface area contributed by atoms with E-state index in [1.54, 1.807) is 12.3 Å². The van der Waals surface area contributed by atoms with Crippen LogP contribution in [0.4, 0.5) is 5.82 Å². The van der Waals surface area contributed by atoms with Crippen LogP contribution >= 0.6 is 0 Å². The molecule has 0 bridgehead atoms. The molecule has 0 aliphatic carbocycles. The van der Waals surface area contributed by atoms with Crippen molar-refractivity contribution in [3.8, 4) is 0 Å². The van der Waals surface area contributed by atoms with Gasteiger partial charge in [0.15, 0.2) is 5.82 Å². The van der Waals surface area contributed by atoms with Gasteiger partial charge in [-0.3, -0.25) is 0 Å². The van der Waals surface area contributed by atoms with Crippen molar-refractivity contribution < 1.29 is 4.74 Å². The Hall–Kier alpha value is -1.16. The molecule has 0 saturated carbocycles. The maximum absolute atomic E-state index is 5.46. The molecule has 4 nitrogen and oxygen atoms in total. The molecule has 0 spiro atoms. The largest absolute Gasteiger partial charge is 0.384 e. The van der Waals surface area contributed by atoms with Gasteiger partial charge in [0.1, 0.15) is 12.4 Å². The van der Waals surface area contributed by atoms with E-state index in [-0.39, 0.29) is 0 Å². The second-order valence-electron chi connectivity index (χ2n) is 2.45. The average molecular weight is 167 g/mol. The minimum atomic E-state index is 0.443. The number of ether oxygens (including phenoxy) is 1. The number of hydrogen-bond donors (Lipinski definition) is 1. The third-order valence-corrected chi connectivity index (χ3v) is 1.31. The average Bonchev–Trinajstić information content (AvgIpc) is 2.05. The van der Waals surface area contributed by atoms with Crippen LogP contribution in [0, 0.1) is 0 Å². The molecule has 0 fully saturated rings. The zero-order chi connectivity index (χ0) is 8.81. The second kappa shape index (κ2) is 4.66. The topological polar surface area (TPSA) is 61.0 Å². The lowest BCUT2D eigenvalue weighted by Gasteiger charge is -2.00. The van der Waals surface area contributed by atoms with E-state index >= 15 is 0 Å². The molecule has 4 heteroatoms. The van der Waals surface area contributed by atoms with Gasteiger partial charge in [0.25, 0.3) is 0 Å². The van der Waals surface area contributed by atoms with Crippen molar-refractivity contribution in [2.24, 2.45) is 0 Å². The SMILES string of the molecule is CCCOCc1nccc(N)n1. The summed E-state index contributed by atoms with van der Waals surface area (Å²) in [4.78, 5) is 7.98. The second-order valence-corrected chi connectivity index (χ2v) is 2.45. The van der Waals surface area contributed by atoms with Crippen molar-refractivity contribution >= 4 is 5.82 Å². The number of anilines is 1. The van der Waals surface area contributed by atoms with Gasteiger partial charge in [0.05, 0.1) is 0 Å². The Kier molecular flexibility index (Phi) is 3.47. The van der Waals surface area contributed by atoms with E-state index in [1.807, 2.05) is 0 Å². The minimum absolute atomic E-state index is 0.443. The fraction of sp³-hybridized carbons (Fsp3) is 0.500. The van der Waals surface area contributed by atoms with Crippen LogP contribution in [0.3, 0.4) is 0 Å². The molecule has 0 aliphatic rings. The van der Waals surface area contributed by atoms with Crippen LogP contribution in [-0.4, -0.2) is 16.6 Å². The number of rotatable bonds is 4. The molecule has 0 aliphatic heterocycles. The van der Waals surface area contributed by atoms with Crippen molar-refractivity contribution in [3.63, 3.8) is 0 Å². The lowest BCUT2D eigenvalue weighted by atomic mass is 10.5. The fourth-order valence-corrected chi connectivity index (χ4v) is 0.792. The maximum Gasteiger partial charge on any atom is 0.156 e. The highest BCUT2D eigenvalue weighted by atomic mass is 16.5. The lowest BCUT2D eigenvalue weighted by molar-refractivity contribution is 0.116. The van der Waals surface area contributed by atoms with Crippen LogP contribution < -0.4 is 5.73 Å². The van der Waals surface area contributed by atoms with Crippen molar-refractivity contribution in [3.05, 3.63) is 18.1 Å². The van der Waals surface area contributed by atoms with Crippen LogP contribution in [0.15, 0.2) is 12.3 Å². The third kappa shape index (κ3) is 2.84. The van der Waals surface area contributed by atoms with Gasteiger partial charge < -0.3 is 10.5 Å². The Morgan fingerprint density at radius 2 is 2.42 bits per heavy atom. The molecule has 0 atom stereocenters. The molecule has 1 aromatic rings. The van der Waals surface area contributed by atoms with Crippen LogP contribution in [0.2, 0.25) is 0 Å². The van der Waals surface area contributed by atoms with Crippen molar-refractivity contribution in [2.75, 3.05) is 12.3 Å². The van der Waals surface area contributed by atoms with E-state index in [0.717, 1.165) is 13.0 Å². The summed E-state index contributed by atoms with van der Waals surface area (Å²) in [6.07, 6.45) is 2.63. The standard InChI is InChI=1S/C8H13N3O/c1-2-5-12-6-8-10-4-3-7(9)11-8/h3-4H,2,5-6H2,1H3,(H2,9,10,11). The van der Waals surface area contributed by atoms with Gasteiger partial charge in [-0.2, -0.15) is 0 Å². The van der Waals surface area contributed by atoms with E-state index in [4.69, 9.17) is 10.5 Å². The van der Waals surface area contributed by atoms with Gasteiger partial charge >= 0.3 is 0 Å². The monoisotopic (exact) mass is 167 g/mol. The number of hydrogen-bond acceptors (Lipinski definition) is 4. The minimum Gasteiger partial charge on any atom is -0.384 e. The van der Waals surface area contributed by atoms with E-state index in [9.17, 15) is 0 Å². The van der Waals surface area contributed by atoms with Crippen LogP contribution in [0.5, 0.6) is 0 Å². The molecule has 0 amide bonds. The van der Waals surface area contributed by atoms with Crippen molar-refractivity contribution in [1.29, 1.82) is 0 Å². The molecule has 0 aromatic carbocycles. The molecule has 1 aromatic heterocycles. The van der Waals surface area contributed by atoms with Crippen molar-refractivity contribution in [2.45, 2.75) is 20.0 Å². The van der Waals surface area contributed by atoms with E-state index in [1.165, 1.54) is 0 Å². The van der Waals surface area contributed by atoms with Crippen molar-refractivity contribution in [1.82, 2.24) is 9.97 Å². The van der Waals surface area contributed by atoms with Gasteiger partial charge in [-0.15, -0.1) is 0 Å². The first-order chi connectivity index (χ1) is 5.83. The van der Waals surface area contributed by atoms with E-state index < -0.39 is 0 Å². The Labute approximate surface area is 71.8 Å². The smallest absolute Gasteiger partial charge is 0.156 e. The summed E-state index contributed by atoms with van der Waals surface area (Å²) in [6.45, 7) is 3.23. The summed E-state index contributed by atoms with van der Waals surface area (Å²) in [5.74, 6) is 1.13. The summed E-state index contributed by atoms with van der Waals surface area (Å²) in [6, 6.07) is 1.66. The normalized spacial score (nSPS) is 10.1. The van der Waals surface area contributed by atoms with Gasteiger partial charge in [-0.25, -0.2) is 9.97 Å². The van der Waals surface area contributed by atoms with Gasteiger partial charge in [-0.1, -0.05) is 6.92 Å². The quantitative estimate of drug-likeness (QED) is 0.679. The molecule has 0 unspecified atom stereocenters. The molecular formula is C8H13N3O. The van der Waals surface area contributed by atoms with Gasteiger partial charge in [0.2, 0.25) is 0 Å². The third-order valence-electron chi connectivity index (χ3n) is 1.31. The zero-order valence-corrected chi connectivity index (χ0v) is 7.16. The molecule has 12 heavy (non-hydrogen) atoms. The maximum atomic E-state index is 5.46. The van der Waals surface area contributed by atoms with Gasteiger partial charge in [0, 0.05) is 12.8 Å². The first-order valence-corrected chi connectivity index (χ1v) is 3.98. The highest BCUT2D eigenvalue weighted by Gasteiger charge is 1.95. The summed E-state index contributed by atoms with van der Waals surface area (Å²) in [5, 5.41) is 0. The number of nitrogens with zero attached hydrogens (tertiary/aromatic N) is 2. The number of nitrogens with two attached hydrogens (primary N) is 1. The first-order valence-electron chi connectivity index (χ1n) is 3.98. The predicted molar refractivity (Wildman–Crippen MR) is 46.4 cm³/mol. The predicted octanol–water partition coefficient (Wildman–Crippen LogP) is 0.985. The molecule has 66 valence electrons. The fourth-order valence-electron chi connectivity index (χ4n) is 0.792. The van der Waals surface area contributed by atoms with E-state index in [2.05, 4.69) is 16.9 Å². The summed E-state index contributed by atoms with van der Waals surface area (Å²) in [5.41, 5.74) is 5.46. The Bertz CT molecular complexity index is 239. The van der Waals surface area contributed by atoms with Crippen LogP contribution in [0.1, 0.15) is 19.2 Å². The van der Waals surface area contributed by atoms with E-state index in [0.29, 0.717) is 18.2 Å². The molecule has 0 radical (unpaired) electrons. The number of nitrogen functional groups attached to an aromatic ring is 1. The highest BCUT2D eigenvalue weighted by Crippen LogP contribution is 1.97.